The number of hydrogen-bond acceptors (Lipinski definition) is 4. The number of aromatic nitrogens is 1. The maximum absolute atomic E-state index is 12.9. The average Bonchev–Trinajstić information content (AvgIpc) is 3.23. The molecule has 0 bridgehead atoms. The predicted octanol–water partition coefficient (Wildman–Crippen LogP) is 4.78. The fourth-order valence-electron chi connectivity index (χ4n) is 4.49. The molecule has 1 N–H and O–H groups in total. The van der Waals surface area contributed by atoms with Crippen molar-refractivity contribution in [3.05, 3.63) is 47.2 Å². The second-order valence-corrected chi connectivity index (χ2v) is 7.89. The molecule has 2 heterocycles. The Labute approximate surface area is 161 Å². The van der Waals surface area contributed by atoms with Crippen molar-refractivity contribution in [2.45, 2.75) is 56.8 Å². The second-order valence-electron chi connectivity index (χ2n) is 7.89. The van der Waals surface area contributed by atoms with Crippen molar-refractivity contribution in [2.75, 3.05) is 25.5 Å². The van der Waals surface area contributed by atoms with E-state index in [1.165, 1.54) is 37.7 Å². The van der Waals surface area contributed by atoms with Crippen LogP contribution in [-0.4, -0.2) is 36.1 Å². The van der Waals surface area contributed by atoms with Gasteiger partial charge in [-0.25, -0.2) is 0 Å². The highest BCUT2D eigenvalue weighted by molar-refractivity contribution is 5.94. The largest absolute Gasteiger partial charge is 0.357 e. The van der Waals surface area contributed by atoms with Gasteiger partial charge in [0.15, 0.2) is 0 Å². The lowest BCUT2D eigenvalue weighted by Gasteiger charge is -2.31. The van der Waals surface area contributed by atoms with Gasteiger partial charge in [-0.05, 0) is 49.3 Å². The zero-order chi connectivity index (χ0) is 18.6. The fraction of sp³-hybridized carbons (Fsp3) is 0.545. The van der Waals surface area contributed by atoms with Crippen LogP contribution in [0.2, 0.25) is 0 Å². The third-order valence-corrected chi connectivity index (χ3v) is 6.21. The third kappa shape index (κ3) is 4.02. The summed E-state index contributed by atoms with van der Waals surface area (Å²) in [5, 5.41) is 7.12. The zero-order valence-electron chi connectivity index (χ0n) is 16.1. The van der Waals surface area contributed by atoms with Crippen LogP contribution >= 0.6 is 0 Å². The quantitative estimate of drug-likeness (QED) is 0.844. The summed E-state index contributed by atoms with van der Waals surface area (Å²) in [6.07, 6.45) is 8.48. The van der Waals surface area contributed by atoms with Crippen molar-refractivity contribution in [3.8, 4) is 0 Å². The van der Waals surface area contributed by atoms with Crippen molar-refractivity contribution in [3.63, 3.8) is 0 Å². The van der Waals surface area contributed by atoms with E-state index in [4.69, 9.17) is 4.52 Å². The Kier molecular flexibility index (Phi) is 5.46. The minimum Gasteiger partial charge on any atom is -0.357 e. The molecule has 0 atom stereocenters. The molecular weight excluding hydrogens is 338 g/mol. The summed E-state index contributed by atoms with van der Waals surface area (Å²) in [4.78, 5) is 14.8. The average molecular weight is 367 g/mol. The van der Waals surface area contributed by atoms with Crippen molar-refractivity contribution in [2.24, 2.45) is 0 Å². The van der Waals surface area contributed by atoms with Gasteiger partial charge in [-0.15, -0.1) is 0 Å². The highest BCUT2D eigenvalue weighted by Gasteiger charge is 2.26. The minimum atomic E-state index is 0.153. The molecule has 1 aromatic carbocycles. The molecule has 2 fully saturated rings. The van der Waals surface area contributed by atoms with E-state index in [1.807, 2.05) is 30.1 Å². The van der Waals surface area contributed by atoms with Crippen LogP contribution in [0.1, 0.15) is 78.4 Å². The van der Waals surface area contributed by atoms with E-state index in [1.54, 1.807) is 0 Å². The molecule has 1 amide bonds. The Morgan fingerprint density at radius 2 is 1.74 bits per heavy atom. The minimum absolute atomic E-state index is 0.153. The van der Waals surface area contributed by atoms with Gasteiger partial charge in [-0.1, -0.05) is 36.6 Å². The Morgan fingerprint density at radius 1 is 1.04 bits per heavy atom. The van der Waals surface area contributed by atoms with Gasteiger partial charge < -0.3 is 14.7 Å². The van der Waals surface area contributed by atoms with Gasteiger partial charge in [-0.2, -0.15) is 0 Å². The van der Waals surface area contributed by atoms with Crippen LogP contribution in [0.15, 0.2) is 34.9 Å². The first-order chi connectivity index (χ1) is 13.2. The van der Waals surface area contributed by atoms with E-state index in [0.717, 1.165) is 37.2 Å². The van der Waals surface area contributed by atoms with Crippen molar-refractivity contribution in [1.29, 1.82) is 0 Å². The number of nitrogens with one attached hydrogen (secondary N) is 1. The summed E-state index contributed by atoms with van der Waals surface area (Å²) >= 11 is 0. The zero-order valence-corrected chi connectivity index (χ0v) is 16.1. The fourth-order valence-corrected chi connectivity index (χ4v) is 4.49. The molecule has 0 spiro atoms. The lowest BCUT2D eigenvalue weighted by molar-refractivity contribution is 0.0711. The van der Waals surface area contributed by atoms with Crippen LogP contribution in [0, 0.1) is 0 Å². The summed E-state index contributed by atoms with van der Waals surface area (Å²) < 4.78 is 5.23. The van der Waals surface area contributed by atoms with E-state index in [0.29, 0.717) is 17.7 Å². The molecule has 1 aliphatic carbocycles. The summed E-state index contributed by atoms with van der Waals surface area (Å²) in [6, 6.07) is 10.4. The number of hydrogen-bond donors (Lipinski definition) is 1. The highest BCUT2D eigenvalue weighted by Crippen LogP contribution is 2.33. The second kappa shape index (κ2) is 8.15. The number of benzene rings is 1. The molecule has 0 unspecified atom stereocenters. The monoisotopic (exact) mass is 367 g/mol. The van der Waals surface area contributed by atoms with E-state index < -0.39 is 0 Å². The molecule has 2 aromatic rings. The normalized spacial score (nSPS) is 19.2. The Morgan fingerprint density at radius 3 is 2.37 bits per heavy atom. The number of rotatable bonds is 4. The highest BCUT2D eigenvalue weighted by atomic mass is 16.5. The molecule has 1 aromatic heterocycles. The van der Waals surface area contributed by atoms with E-state index in [9.17, 15) is 4.79 Å². The molecule has 144 valence electrons. The molecule has 1 aliphatic heterocycles. The SMILES string of the molecule is CNc1cc(C2CCN(C(=O)c3ccc(C4CCCCC4)cc3)CC2)no1. The molecule has 2 aliphatic rings. The van der Waals surface area contributed by atoms with Crippen molar-refractivity contribution in [1.82, 2.24) is 10.1 Å². The Hall–Kier alpha value is -2.30. The molecule has 1 saturated carbocycles. The molecule has 5 nitrogen and oxygen atoms in total. The maximum atomic E-state index is 12.9. The number of nitrogens with zero attached hydrogens (tertiary/aromatic N) is 2. The number of carbonyl (C=O) groups excluding carboxylic acids is 1. The first-order valence-electron chi connectivity index (χ1n) is 10.3. The summed E-state index contributed by atoms with van der Waals surface area (Å²) in [6.45, 7) is 1.55. The van der Waals surface area contributed by atoms with Gasteiger partial charge in [0.2, 0.25) is 5.88 Å². The number of carbonyl (C=O) groups is 1. The van der Waals surface area contributed by atoms with E-state index in [2.05, 4.69) is 22.6 Å². The van der Waals surface area contributed by atoms with Crippen LogP contribution in [0.3, 0.4) is 0 Å². The van der Waals surface area contributed by atoms with Crippen LogP contribution in [0.5, 0.6) is 0 Å². The molecule has 4 rings (SSSR count). The van der Waals surface area contributed by atoms with Crippen LogP contribution in [0.25, 0.3) is 0 Å². The van der Waals surface area contributed by atoms with Gasteiger partial charge in [0.25, 0.3) is 5.91 Å². The summed E-state index contributed by atoms with van der Waals surface area (Å²) in [7, 11) is 1.82. The first-order valence-corrected chi connectivity index (χ1v) is 10.3. The standard InChI is InChI=1S/C22H29N3O2/c1-23-21-15-20(24-27-21)18-11-13-25(14-12-18)22(26)19-9-7-17(8-10-19)16-5-3-2-4-6-16/h7-10,15-16,18,23H,2-6,11-14H2,1H3. The number of likely N-dealkylation sites (tertiary alicyclic amines) is 1. The molecular formula is C22H29N3O2. The van der Waals surface area contributed by atoms with Gasteiger partial charge in [0.05, 0.1) is 5.69 Å². The molecule has 5 heteroatoms. The lowest BCUT2D eigenvalue weighted by atomic mass is 9.84. The number of anilines is 1. The van der Waals surface area contributed by atoms with Gasteiger partial charge in [-0.3, -0.25) is 4.79 Å². The molecule has 27 heavy (non-hydrogen) atoms. The van der Waals surface area contributed by atoms with E-state index in [-0.39, 0.29) is 5.91 Å². The van der Waals surface area contributed by atoms with Crippen LogP contribution in [0.4, 0.5) is 5.88 Å². The Balaban J connectivity index is 1.34. The van der Waals surface area contributed by atoms with Crippen LogP contribution < -0.4 is 5.32 Å². The summed E-state index contributed by atoms with van der Waals surface area (Å²) in [5.74, 6) is 1.90. The summed E-state index contributed by atoms with van der Waals surface area (Å²) in [5.41, 5.74) is 3.20. The maximum Gasteiger partial charge on any atom is 0.253 e. The van der Waals surface area contributed by atoms with Crippen LogP contribution in [-0.2, 0) is 0 Å². The van der Waals surface area contributed by atoms with Gasteiger partial charge >= 0.3 is 0 Å². The number of amides is 1. The van der Waals surface area contributed by atoms with E-state index >= 15 is 0 Å². The lowest BCUT2D eigenvalue weighted by Crippen LogP contribution is -2.38. The molecule has 1 saturated heterocycles. The topological polar surface area (TPSA) is 58.4 Å². The predicted molar refractivity (Wildman–Crippen MR) is 106 cm³/mol. The smallest absolute Gasteiger partial charge is 0.253 e. The van der Waals surface area contributed by atoms with Crippen molar-refractivity contribution >= 4 is 11.8 Å². The number of piperidine rings is 1. The molecule has 0 radical (unpaired) electrons. The van der Waals surface area contributed by atoms with Crippen molar-refractivity contribution < 1.29 is 9.32 Å². The third-order valence-electron chi connectivity index (χ3n) is 6.21. The van der Waals surface area contributed by atoms with Gasteiger partial charge in [0, 0.05) is 37.7 Å². The Bertz CT molecular complexity index is 754. The first kappa shape index (κ1) is 18.1. The van der Waals surface area contributed by atoms with Gasteiger partial charge in [0.1, 0.15) is 0 Å².